The molecule has 0 spiro atoms. The molecule has 2 N–H and O–H groups in total. The minimum atomic E-state index is -0.883. The smallest absolute Gasteiger partial charge is 0.200 e. The molecule has 0 heterocycles. The van der Waals surface area contributed by atoms with Gasteiger partial charge in [0.2, 0.25) is 0 Å². The first-order valence-electron chi connectivity index (χ1n) is 11.0. The van der Waals surface area contributed by atoms with E-state index in [0.29, 0.717) is 11.5 Å². The molecule has 0 amide bonds. The quantitative estimate of drug-likeness (QED) is 0.242. The molecule has 33 heavy (non-hydrogen) atoms. The lowest BCUT2D eigenvalue weighted by Crippen LogP contribution is -2.25. The van der Waals surface area contributed by atoms with Gasteiger partial charge in [-0.3, -0.25) is 0 Å². The fourth-order valence-electron chi connectivity index (χ4n) is 3.11. The van der Waals surface area contributed by atoms with Crippen molar-refractivity contribution in [2.24, 2.45) is 11.8 Å². The van der Waals surface area contributed by atoms with Gasteiger partial charge in [-0.15, -0.1) is 0 Å². The van der Waals surface area contributed by atoms with Crippen LogP contribution in [-0.2, 0) is 5.41 Å². The number of benzene rings is 2. The lowest BCUT2D eigenvalue weighted by molar-refractivity contribution is -0.0590. The zero-order chi connectivity index (χ0) is 25.1. The molecule has 0 bridgehead atoms. The van der Waals surface area contributed by atoms with E-state index in [-0.39, 0.29) is 17.3 Å². The molecule has 4 atom stereocenters. The van der Waals surface area contributed by atoms with Crippen molar-refractivity contribution in [3.05, 3.63) is 53.3 Å². The van der Waals surface area contributed by atoms with E-state index in [1.807, 2.05) is 52.0 Å². The fourth-order valence-corrected chi connectivity index (χ4v) is 5.86. The van der Waals surface area contributed by atoms with Gasteiger partial charge in [0.25, 0.3) is 0 Å². The van der Waals surface area contributed by atoms with Gasteiger partial charge < -0.3 is 19.7 Å². The monoisotopic (exact) mass is 712 g/mol. The van der Waals surface area contributed by atoms with Crippen molar-refractivity contribution in [3.8, 4) is 11.5 Å². The summed E-state index contributed by atoms with van der Waals surface area (Å²) in [6, 6.07) is 8.06. The summed E-state index contributed by atoms with van der Waals surface area (Å²) in [6.45, 7) is 12.2. The van der Waals surface area contributed by atoms with E-state index in [0.717, 1.165) is 41.9 Å². The van der Waals surface area contributed by atoms with Crippen LogP contribution in [0.5, 0.6) is 11.5 Å². The molecule has 0 fully saturated rings. The second-order valence-corrected chi connectivity index (χ2v) is 12.4. The van der Waals surface area contributed by atoms with Crippen LogP contribution in [0.15, 0.2) is 42.2 Å². The van der Waals surface area contributed by atoms with Crippen molar-refractivity contribution in [3.63, 3.8) is 0 Å². The van der Waals surface area contributed by atoms with Crippen LogP contribution in [0.4, 0.5) is 0 Å². The summed E-state index contributed by atoms with van der Waals surface area (Å²) in [5.41, 5.74) is 1.75. The Bertz CT molecular complexity index is 842. The van der Waals surface area contributed by atoms with Crippen molar-refractivity contribution in [2.75, 3.05) is 0 Å². The van der Waals surface area contributed by atoms with E-state index >= 15 is 0 Å². The summed E-state index contributed by atoms with van der Waals surface area (Å²) >= 11 is 14.5. The van der Waals surface area contributed by atoms with Gasteiger partial charge in [-0.2, -0.15) is 0 Å². The lowest BCUT2D eigenvalue weighted by Gasteiger charge is -2.29. The average Bonchev–Trinajstić information content (AvgIpc) is 2.76. The summed E-state index contributed by atoms with van der Waals surface area (Å²) in [7, 11) is 0. The van der Waals surface area contributed by atoms with Crippen molar-refractivity contribution in [1.82, 2.24) is 0 Å². The van der Waals surface area contributed by atoms with Crippen LogP contribution in [0.1, 0.15) is 65.5 Å². The van der Waals surface area contributed by atoms with Gasteiger partial charge in [0.15, 0.2) is 24.1 Å². The van der Waals surface area contributed by atoms with Crippen LogP contribution in [0.25, 0.3) is 0 Å². The first kappa shape index (κ1) is 29.1. The number of aliphatic hydroxyl groups excluding tert-OH is 2. The predicted molar refractivity (Wildman–Crippen MR) is 148 cm³/mol. The zero-order valence-electron chi connectivity index (χ0n) is 19.8. The fraction of sp³-hybridized carbons (Fsp3) is 0.520. The van der Waals surface area contributed by atoms with Crippen LogP contribution in [0, 0.1) is 11.8 Å². The molecule has 0 saturated heterocycles. The predicted octanol–water partition coefficient (Wildman–Crippen LogP) is 8.55. The molecule has 0 aliphatic heterocycles. The first-order valence-corrected chi connectivity index (χ1v) is 14.2. The maximum atomic E-state index is 10.3. The summed E-state index contributed by atoms with van der Waals surface area (Å²) in [6.07, 6.45) is -0.128. The van der Waals surface area contributed by atoms with E-state index in [1.54, 1.807) is 0 Å². The van der Waals surface area contributed by atoms with Gasteiger partial charge in [0.1, 0.15) is 0 Å². The Morgan fingerprint density at radius 2 is 0.970 bits per heavy atom. The Labute approximate surface area is 231 Å². The number of hydrogen-bond acceptors (Lipinski definition) is 4. The zero-order valence-corrected chi connectivity index (χ0v) is 26.1. The van der Waals surface area contributed by atoms with E-state index in [2.05, 4.69) is 77.6 Å². The first-order chi connectivity index (χ1) is 15.3. The lowest BCUT2D eigenvalue weighted by atomic mass is 9.78. The standard InChI is InChI=1S/C25H32Br4O4/c1-7-13(3)23(30)32-21-17(26)9-15(10-18(21)27)25(5,6)16-11-19(28)22(20(29)12-16)33-24(31)14(4)8-2/h9-14,23-24,30-31H,7-8H2,1-6H3. The van der Waals surface area contributed by atoms with Crippen molar-refractivity contribution < 1.29 is 19.7 Å². The van der Waals surface area contributed by atoms with E-state index in [4.69, 9.17) is 9.47 Å². The van der Waals surface area contributed by atoms with Gasteiger partial charge in [0, 0.05) is 17.3 Å². The minimum Gasteiger partial charge on any atom is -0.462 e. The highest BCUT2D eigenvalue weighted by atomic mass is 79.9. The van der Waals surface area contributed by atoms with Crippen LogP contribution in [0.2, 0.25) is 0 Å². The van der Waals surface area contributed by atoms with Gasteiger partial charge >= 0.3 is 0 Å². The Morgan fingerprint density at radius 3 is 1.21 bits per heavy atom. The molecule has 8 heteroatoms. The van der Waals surface area contributed by atoms with Crippen LogP contribution >= 0.6 is 63.7 Å². The Hall–Kier alpha value is -0.120. The molecule has 4 unspecified atom stereocenters. The second-order valence-electron chi connectivity index (χ2n) is 8.95. The van der Waals surface area contributed by atoms with Gasteiger partial charge in [-0.25, -0.2) is 0 Å². The SMILES string of the molecule is CCC(C)C(O)Oc1c(Br)cc(C(C)(C)c2cc(Br)c(OC(O)C(C)CC)c(Br)c2)cc1Br. The molecule has 0 aromatic heterocycles. The topological polar surface area (TPSA) is 58.9 Å². The van der Waals surface area contributed by atoms with Crippen molar-refractivity contribution >= 4 is 63.7 Å². The molecular formula is C25H32Br4O4. The molecular weight excluding hydrogens is 684 g/mol. The van der Waals surface area contributed by atoms with E-state index < -0.39 is 12.6 Å². The second kappa shape index (κ2) is 12.2. The third-order valence-corrected chi connectivity index (χ3v) is 8.53. The molecule has 2 aromatic rings. The minimum absolute atomic E-state index is 0.0224. The molecule has 0 aliphatic carbocycles. The summed E-state index contributed by atoms with van der Waals surface area (Å²) in [5, 5.41) is 20.6. The highest BCUT2D eigenvalue weighted by Gasteiger charge is 2.28. The summed E-state index contributed by atoms with van der Waals surface area (Å²) < 4.78 is 14.7. The molecule has 0 radical (unpaired) electrons. The van der Waals surface area contributed by atoms with E-state index in [1.165, 1.54) is 0 Å². The third-order valence-electron chi connectivity index (χ3n) is 6.18. The number of aliphatic hydroxyl groups is 2. The number of rotatable bonds is 10. The molecule has 184 valence electrons. The summed E-state index contributed by atoms with van der Waals surface area (Å²) in [4.78, 5) is 0. The molecule has 2 rings (SSSR count). The number of hydrogen-bond donors (Lipinski definition) is 2. The number of ether oxygens (including phenoxy) is 2. The van der Waals surface area contributed by atoms with Crippen molar-refractivity contribution in [1.29, 1.82) is 0 Å². The van der Waals surface area contributed by atoms with E-state index in [9.17, 15) is 10.2 Å². The maximum Gasteiger partial charge on any atom is 0.200 e. The highest BCUT2D eigenvalue weighted by Crippen LogP contribution is 2.44. The van der Waals surface area contributed by atoms with Crippen molar-refractivity contribution in [2.45, 2.75) is 72.4 Å². The molecule has 0 aliphatic rings. The van der Waals surface area contributed by atoms with Crippen LogP contribution in [-0.4, -0.2) is 22.8 Å². The average molecular weight is 716 g/mol. The van der Waals surface area contributed by atoms with Gasteiger partial charge in [0.05, 0.1) is 17.9 Å². The highest BCUT2D eigenvalue weighted by molar-refractivity contribution is 9.11. The molecule has 0 saturated carbocycles. The molecule has 2 aromatic carbocycles. The number of halogens is 4. The Kier molecular flexibility index (Phi) is 10.8. The van der Waals surface area contributed by atoms with Crippen LogP contribution < -0.4 is 9.47 Å². The Balaban J connectivity index is 2.39. The largest absolute Gasteiger partial charge is 0.462 e. The Morgan fingerprint density at radius 1 is 0.697 bits per heavy atom. The summed E-state index contributed by atoms with van der Waals surface area (Å²) in [5.74, 6) is 1.20. The normalized spacial score (nSPS) is 15.6. The third kappa shape index (κ3) is 6.98. The maximum absolute atomic E-state index is 10.3. The van der Waals surface area contributed by atoms with Gasteiger partial charge in [-0.1, -0.05) is 41.5 Å². The molecule has 4 nitrogen and oxygen atoms in total. The van der Waals surface area contributed by atoms with Gasteiger partial charge in [-0.05, 0) is 112 Å². The van der Waals surface area contributed by atoms with Crippen LogP contribution in [0.3, 0.4) is 0 Å².